The molecule has 19 heavy (non-hydrogen) atoms. The Hall–Kier alpha value is -1.20. The first-order valence-electron chi connectivity index (χ1n) is 5.88. The summed E-state index contributed by atoms with van der Waals surface area (Å²) in [6.07, 6.45) is 2.26. The highest BCUT2D eigenvalue weighted by molar-refractivity contribution is 9.10. The van der Waals surface area contributed by atoms with Gasteiger partial charge < -0.3 is 5.32 Å². The number of aromatic nitrogens is 2. The summed E-state index contributed by atoms with van der Waals surface area (Å²) < 4.78 is 14.1. The summed E-state index contributed by atoms with van der Waals surface area (Å²) in [6.45, 7) is 0. The molecule has 1 aliphatic carbocycles. The summed E-state index contributed by atoms with van der Waals surface area (Å²) in [4.78, 5) is 8.77. The van der Waals surface area contributed by atoms with E-state index in [0.29, 0.717) is 17.4 Å². The first-order valence-corrected chi connectivity index (χ1v) is 7.05. The molecular weight excluding hydrogens is 333 g/mol. The molecule has 3 rings (SSSR count). The number of hydrogen-bond acceptors (Lipinski definition) is 3. The molecule has 1 aromatic heterocycles. The van der Waals surface area contributed by atoms with E-state index in [2.05, 4.69) is 31.2 Å². The predicted octanol–water partition coefficient (Wildman–Crippen LogP) is 4.65. The zero-order valence-corrected chi connectivity index (χ0v) is 12.2. The molecular formula is C13H10BrClFN3. The molecule has 2 aromatic rings. The van der Waals surface area contributed by atoms with E-state index in [-0.39, 0.29) is 5.02 Å². The number of anilines is 2. The Bertz CT molecular complexity index is 631. The quantitative estimate of drug-likeness (QED) is 0.825. The van der Waals surface area contributed by atoms with Crippen molar-refractivity contribution in [3.8, 4) is 0 Å². The maximum Gasteiger partial charge on any atom is 0.143 e. The van der Waals surface area contributed by atoms with Gasteiger partial charge in [0.2, 0.25) is 0 Å². The first-order chi connectivity index (χ1) is 9.11. The van der Waals surface area contributed by atoms with Crippen LogP contribution >= 0.6 is 27.5 Å². The Labute approximate surface area is 123 Å². The second-order valence-corrected chi connectivity index (χ2v) is 5.68. The predicted molar refractivity (Wildman–Crippen MR) is 76.4 cm³/mol. The van der Waals surface area contributed by atoms with Crippen LogP contribution in [0, 0.1) is 5.82 Å². The van der Waals surface area contributed by atoms with Gasteiger partial charge in [-0.15, -0.1) is 0 Å². The molecule has 0 amide bonds. The minimum Gasteiger partial charge on any atom is -0.340 e. The molecule has 0 bridgehead atoms. The van der Waals surface area contributed by atoms with Crippen molar-refractivity contribution in [2.45, 2.75) is 18.8 Å². The number of nitrogens with one attached hydrogen (secondary N) is 1. The van der Waals surface area contributed by atoms with Crippen LogP contribution in [0.25, 0.3) is 0 Å². The molecule has 1 aromatic carbocycles. The zero-order chi connectivity index (χ0) is 13.4. The van der Waals surface area contributed by atoms with Crippen LogP contribution in [0.1, 0.15) is 24.6 Å². The molecule has 0 aliphatic heterocycles. The van der Waals surface area contributed by atoms with E-state index in [1.165, 1.54) is 12.1 Å². The third kappa shape index (κ3) is 3.04. The highest BCUT2D eigenvalue weighted by Crippen LogP contribution is 2.39. The lowest BCUT2D eigenvalue weighted by molar-refractivity contribution is 0.629. The molecule has 0 saturated heterocycles. The molecule has 0 spiro atoms. The van der Waals surface area contributed by atoms with Crippen LogP contribution in [0.3, 0.4) is 0 Å². The van der Waals surface area contributed by atoms with Gasteiger partial charge in [-0.25, -0.2) is 14.4 Å². The normalized spacial score (nSPS) is 14.5. The van der Waals surface area contributed by atoms with Crippen LogP contribution in [0.2, 0.25) is 5.02 Å². The molecule has 3 nitrogen and oxygen atoms in total. The number of halogens is 3. The average Bonchev–Trinajstić information content (AvgIpc) is 3.17. The highest BCUT2D eigenvalue weighted by Gasteiger charge is 2.27. The van der Waals surface area contributed by atoms with Crippen LogP contribution in [0.4, 0.5) is 15.9 Å². The molecule has 6 heteroatoms. The van der Waals surface area contributed by atoms with Crippen molar-refractivity contribution in [2.24, 2.45) is 0 Å². The number of benzene rings is 1. The van der Waals surface area contributed by atoms with E-state index in [4.69, 9.17) is 11.6 Å². The van der Waals surface area contributed by atoms with Crippen LogP contribution < -0.4 is 5.32 Å². The Morgan fingerprint density at radius 2 is 2.05 bits per heavy atom. The first kappa shape index (κ1) is 12.8. The van der Waals surface area contributed by atoms with Gasteiger partial charge in [0, 0.05) is 17.7 Å². The van der Waals surface area contributed by atoms with Gasteiger partial charge in [0.15, 0.2) is 0 Å². The Morgan fingerprint density at radius 1 is 1.26 bits per heavy atom. The van der Waals surface area contributed by atoms with Crippen LogP contribution in [-0.4, -0.2) is 9.97 Å². The molecule has 0 atom stereocenters. The van der Waals surface area contributed by atoms with Crippen molar-refractivity contribution in [3.63, 3.8) is 0 Å². The van der Waals surface area contributed by atoms with E-state index in [0.717, 1.165) is 23.3 Å². The SMILES string of the molecule is Fc1cc(Nc2cc(Br)nc(C3CC3)n2)ccc1Cl. The summed E-state index contributed by atoms with van der Waals surface area (Å²) in [5.41, 5.74) is 0.606. The fraction of sp³-hybridized carbons (Fsp3) is 0.231. The maximum atomic E-state index is 13.4. The van der Waals surface area contributed by atoms with Crippen molar-refractivity contribution < 1.29 is 4.39 Å². The number of nitrogens with zero attached hydrogens (tertiary/aromatic N) is 2. The lowest BCUT2D eigenvalue weighted by Crippen LogP contribution is -2.00. The van der Waals surface area contributed by atoms with Gasteiger partial charge in [-0.3, -0.25) is 0 Å². The van der Waals surface area contributed by atoms with Crippen molar-refractivity contribution >= 4 is 39.0 Å². The summed E-state index contributed by atoms with van der Waals surface area (Å²) in [5.74, 6) is 1.47. The van der Waals surface area contributed by atoms with E-state index < -0.39 is 5.82 Å². The fourth-order valence-electron chi connectivity index (χ4n) is 1.75. The van der Waals surface area contributed by atoms with Gasteiger partial charge in [0.05, 0.1) is 5.02 Å². The molecule has 1 N–H and O–H groups in total. The van der Waals surface area contributed by atoms with Crippen molar-refractivity contribution in [2.75, 3.05) is 5.32 Å². The van der Waals surface area contributed by atoms with Gasteiger partial charge >= 0.3 is 0 Å². The molecule has 0 unspecified atom stereocenters. The summed E-state index contributed by atoms with van der Waals surface area (Å²) in [5, 5.41) is 3.16. The second kappa shape index (κ2) is 5.06. The van der Waals surface area contributed by atoms with Crippen molar-refractivity contribution in [3.05, 3.63) is 45.5 Å². The fourth-order valence-corrected chi connectivity index (χ4v) is 2.26. The Kier molecular flexibility index (Phi) is 3.41. The molecule has 1 saturated carbocycles. The second-order valence-electron chi connectivity index (χ2n) is 4.46. The molecule has 1 heterocycles. The van der Waals surface area contributed by atoms with E-state index >= 15 is 0 Å². The summed E-state index contributed by atoms with van der Waals surface area (Å²) in [6, 6.07) is 6.32. The topological polar surface area (TPSA) is 37.8 Å². The minimum absolute atomic E-state index is 0.105. The minimum atomic E-state index is -0.456. The van der Waals surface area contributed by atoms with Crippen molar-refractivity contribution in [1.82, 2.24) is 9.97 Å². The van der Waals surface area contributed by atoms with Crippen LogP contribution in [-0.2, 0) is 0 Å². The largest absolute Gasteiger partial charge is 0.340 e. The van der Waals surface area contributed by atoms with E-state index in [1.54, 1.807) is 12.1 Å². The van der Waals surface area contributed by atoms with Gasteiger partial charge in [0.1, 0.15) is 22.1 Å². The van der Waals surface area contributed by atoms with Crippen LogP contribution in [0.5, 0.6) is 0 Å². The zero-order valence-electron chi connectivity index (χ0n) is 9.83. The van der Waals surface area contributed by atoms with Crippen LogP contribution in [0.15, 0.2) is 28.9 Å². The Morgan fingerprint density at radius 3 is 2.74 bits per heavy atom. The monoisotopic (exact) mass is 341 g/mol. The molecule has 1 fully saturated rings. The summed E-state index contributed by atoms with van der Waals surface area (Å²) in [7, 11) is 0. The van der Waals surface area contributed by atoms with Gasteiger partial charge in [0.25, 0.3) is 0 Å². The average molecular weight is 343 g/mol. The van der Waals surface area contributed by atoms with Gasteiger partial charge in [-0.1, -0.05) is 11.6 Å². The number of hydrogen-bond donors (Lipinski definition) is 1. The highest BCUT2D eigenvalue weighted by atomic mass is 79.9. The standard InChI is InChI=1S/C13H10BrClFN3/c14-11-6-12(19-13(18-11)7-1-2-7)17-8-3-4-9(15)10(16)5-8/h3-7H,1-2H2,(H,17,18,19). The third-order valence-corrected chi connectivity index (χ3v) is 3.56. The molecule has 98 valence electrons. The summed E-state index contributed by atoms with van der Waals surface area (Å²) >= 11 is 9.01. The van der Waals surface area contributed by atoms with Gasteiger partial charge in [-0.05, 0) is 47.0 Å². The lowest BCUT2D eigenvalue weighted by atomic mass is 10.3. The third-order valence-electron chi connectivity index (χ3n) is 2.85. The molecule has 1 aliphatic rings. The lowest BCUT2D eigenvalue weighted by Gasteiger charge is -2.08. The molecule has 0 radical (unpaired) electrons. The van der Waals surface area contributed by atoms with Crippen molar-refractivity contribution in [1.29, 1.82) is 0 Å². The van der Waals surface area contributed by atoms with Gasteiger partial charge in [-0.2, -0.15) is 0 Å². The van der Waals surface area contributed by atoms with E-state index in [1.807, 2.05) is 0 Å². The smallest absolute Gasteiger partial charge is 0.143 e. The van der Waals surface area contributed by atoms with E-state index in [9.17, 15) is 4.39 Å². The maximum absolute atomic E-state index is 13.4. The number of rotatable bonds is 3. The Balaban J connectivity index is 1.87.